The van der Waals surface area contributed by atoms with E-state index in [1.165, 1.54) is 21.4 Å². The van der Waals surface area contributed by atoms with Gasteiger partial charge in [0.05, 0.1) is 19.9 Å². The Morgan fingerprint density at radius 3 is 2.52 bits per heavy atom. The molecule has 31 heavy (non-hydrogen) atoms. The number of anilines is 1. The summed E-state index contributed by atoms with van der Waals surface area (Å²) in [6, 6.07) is 9.67. The number of fused-ring (bicyclic) bond motifs is 1. The predicted molar refractivity (Wildman–Crippen MR) is 119 cm³/mol. The van der Waals surface area contributed by atoms with E-state index in [-0.39, 0.29) is 6.54 Å². The number of benzene rings is 2. The number of hydrogen-bond donors (Lipinski definition) is 2. The lowest BCUT2D eigenvalue weighted by Gasteiger charge is -2.16. The second kappa shape index (κ2) is 8.34. The van der Waals surface area contributed by atoms with Crippen molar-refractivity contribution in [3.8, 4) is 22.8 Å². The highest BCUT2D eigenvalue weighted by atomic mass is 16.5. The zero-order valence-electron chi connectivity index (χ0n) is 18.1. The van der Waals surface area contributed by atoms with Gasteiger partial charge in [0.25, 0.3) is 0 Å². The van der Waals surface area contributed by atoms with Crippen LogP contribution in [-0.4, -0.2) is 35.1 Å². The van der Waals surface area contributed by atoms with Gasteiger partial charge < -0.3 is 20.3 Å². The van der Waals surface area contributed by atoms with Crippen LogP contribution in [0.3, 0.4) is 0 Å². The van der Waals surface area contributed by atoms with Gasteiger partial charge in [-0.25, -0.2) is 0 Å². The maximum absolute atomic E-state index is 11.5. The zero-order valence-corrected chi connectivity index (χ0v) is 18.1. The first-order chi connectivity index (χ1) is 14.9. The lowest BCUT2D eigenvalue weighted by atomic mass is 9.92. The number of hydrogen-bond acceptors (Lipinski definition) is 5. The van der Waals surface area contributed by atoms with E-state index in [0.29, 0.717) is 12.2 Å². The molecule has 3 aromatic rings. The molecule has 0 atom stereocenters. The van der Waals surface area contributed by atoms with E-state index in [9.17, 15) is 9.90 Å². The molecule has 0 radical (unpaired) electrons. The second-order valence-electron chi connectivity index (χ2n) is 7.87. The minimum atomic E-state index is -0.968. The molecule has 0 aliphatic heterocycles. The van der Waals surface area contributed by atoms with Crippen molar-refractivity contribution in [1.82, 2.24) is 9.78 Å². The monoisotopic (exact) mass is 421 g/mol. The molecule has 162 valence electrons. The molecule has 0 bridgehead atoms. The van der Waals surface area contributed by atoms with Gasteiger partial charge in [-0.2, -0.15) is 5.10 Å². The fourth-order valence-electron chi connectivity index (χ4n) is 4.64. The molecular formula is C24H27N3O4. The summed E-state index contributed by atoms with van der Waals surface area (Å²) in [5, 5.41) is 13.8. The van der Waals surface area contributed by atoms with Crippen LogP contribution in [-0.2, 0) is 30.6 Å². The molecular weight excluding hydrogens is 394 g/mol. The number of ether oxygens (including phenoxy) is 2. The van der Waals surface area contributed by atoms with Crippen LogP contribution in [0.25, 0.3) is 11.3 Å². The normalized spacial score (nSPS) is 12.6. The molecule has 0 spiro atoms. The summed E-state index contributed by atoms with van der Waals surface area (Å²) in [5.74, 6) is 1.09. The highest BCUT2D eigenvalue weighted by Crippen LogP contribution is 2.39. The number of aromatic nitrogens is 2. The molecule has 2 aromatic carbocycles. The lowest BCUT2D eigenvalue weighted by Crippen LogP contribution is -2.12. The van der Waals surface area contributed by atoms with Gasteiger partial charge in [-0.1, -0.05) is 6.07 Å². The number of nitrogens with zero attached hydrogens (tertiary/aromatic N) is 2. The van der Waals surface area contributed by atoms with Crippen LogP contribution in [0.2, 0.25) is 0 Å². The molecule has 1 aromatic heterocycles. The first kappa shape index (κ1) is 20.8. The van der Waals surface area contributed by atoms with E-state index in [1.54, 1.807) is 14.2 Å². The maximum atomic E-state index is 11.5. The second-order valence-corrected chi connectivity index (χ2v) is 7.87. The Balaban J connectivity index is 1.84. The van der Waals surface area contributed by atoms with Crippen molar-refractivity contribution in [2.45, 2.75) is 39.2 Å². The van der Waals surface area contributed by atoms with Crippen LogP contribution < -0.4 is 15.2 Å². The Morgan fingerprint density at radius 1 is 1.16 bits per heavy atom. The summed E-state index contributed by atoms with van der Waals surface area (Å²) in [4.78, 5) is 11.5. The van der Waals surface area contributed by atoms with Gasteiger partial charge >= 0.3 is 5.97 Å². The summed E-state index contributed by atoms with van der Waals surface area (Å²) in [5.41, 5.74) is 13.6. The molecule has 7 heteroatoms. The van der Waals surface area contributed by atoms with Gasteiger partial charge in [0.15, 0.2) is 0 Å². The highest BCUT2D eigenvalue weighted by molar-refractivity contribution is 5.74. The quantitative estimate of drug-likeness (QED) is 0.604. The molecule has 1 aliphatic carbocycles. The highest BCUT2D eigenvalue weighted by Gasteiger charge is 2.25. The minimum Gasteiger partial charge on any atom is -0.497 e. The molecule has 0 unspecified atom stereocenters. The van der Waals surface area contributed by atoms with Crippen LogP contribution in [0.4, 0.5) is 5.82 Å². The Bertz CT molecular complexity index is 1130. The Labute approximate surface area is 181 Å². The van der Waals surface area contributed by atoms with Crippen LogP contribution in [0, 0.1) is 6.92 Å². The van der Waals surface area contributed by atoms with Crippen LogP contribution >= 0.6 is 0 Å². The van der Waals surface area contributed by atoms with Crippen molar-refractivity contribution in [2.75, 3.05) is 20.0 Å². The molecule has 3 N–H and O–H groups in total. The van der Waals surface area contributed by atoms with Crippen molar-refractivity contribution in [2.24, 2.45) is 0 Å². The van der Waals surface area contributed by atoms with Gasteiger partial charge in [0, 0.05) is 17.5 Å². The van der Waals surface area contributed by atoms with Crippen molar-refractivity contribution in [1.29, 1.82) is 0 Å². The van der Waals surface area contributed by atoms with E-state index in [0.717, 1.165) is 53.1 Å². The van der Waals surface area contributed by atoms with Crippen LogP contribution in [0.5, 0.6) is 11.5 Å². The van der Waals surface area contributed by atoms with Crippen molar-refractivity contribution >= 4 is 11.8 Å². The van der Waals surface area contributed by atoms with Gasteiger partial charge in [0.1, 0.15) is 23.9 Å². The summed E-state index contributed by atoms with van der Waals surface area (Å²) >= 11 is 0. The third-order valence-electron chi connectivity index (χ3n) is 5.93. The third kappa shape index (κ3) is 3.83. The number of rotatable bonds is 7. The molecule has 0 saturated carbocycles. The summed E-state index contributed by atoms with van der Waals surface area (Å²) in [7, 11) is 3.33. The number of aliphatic carboxylic acids is 1. The average Bonchev–Trinajstić information content (AvgIpc) is 3.33. The molecule has 1 heterocycles. The summed E-state index contributed by atoms with van der Waals surface area (Å²) < 4.78 is 12.4. The fraction of sp³-hybridized carbons (Fsp3) is 0.333. The number of nitrogens with two attached hydrogens (primary N) is 1. The van der Waals surface area contributed by atoms with Crippen molar-refractivity contribution < 1.29 is 19.4 Å². The first-order valence-electron chi connectivity index (χ1n) is 10.3. The number of methoxy groups -OCH3 is 2. The molecule has 0 amide bonds. The number of aryl methyl sites for hydroxylation is 1. The number of carboxylic acid groups (broad SMARTS) is 1. The Hall–Kier alpha value is -3.48. The van der Waals surface area contributed by atoms with Crippen LogP contribution in [0.15, 0.2) is 30.3 Å². The Kier molecular flexibility index (Phi) is 5.59. The standard InChI is InChI=1S/C24H27N3O4/c1-14-11-16(18-5-4-6-19(18)23(14)31-3)12-20-22(15-7-9-17(30-2)10-8-15)27(13-21(28)29)26-24(20)25/h7-11H,4-6,12-13H2,1-3H3,(H2,25,26)(H,28,29). The largest absolute Gasteiger partial charge is 0.497 e. The van der Waals surface area contributed by atoms with Gasteiger partial charge in [-0.15, -0.1) is 0 Å². The summed E-state index contributed by atoms with van der Waals surface area (Å²) in [6.07, 6.45) is 3.69. The van der Waals surface area contributed by atoms with E-state index in [1.807, 2.05) is 24.3 Å². The fourth-order valence-corrected chi connectivity index (χ4v) is 4.64. The molecule has 1 aliphatic rings. The SMILES string of the molecule is COc1ccc(-c2c(Cc3cc(C)c(OC)c4c3CCC4)c(N)nn2CC(=O)O)cc1. The molecule has 7 nitrogen and oxygen atoms in total. The summed E-state index contributed by atoms with van der Waals surface area (Å²) in [6.45, 7) is 1.80. The number of carbonyl (C=O) groups is 1. The van der Waals surface area contributed by atoms with E-state index in [4.69, 9.17) is 15.2 Å². The number of nitrogen functional groups attached to an aromatic ring is 1. The van der Waals surface area contributed by atoms with E-state index in [2.05, 4.69) is 18.1 Å². The molecule has 0 saturated heterocycles. The predicted octanol–water partition coefficient (Wildman–Crippen LogP) is 3.62. The third-order valence-corrected chi connectivity index (χ3v) is 5.93. The average molecular weight is 421 g/mol. The van der Waals surface area contributed by atoms with Gasteiger partial charge in [-0.05, 0) is 72.7 Å². The molecule has 0 fully saturated rings. The zero-order chi connectivity index (χ0) is 22.1. The maximum Gasteiger partial charge on any atom is 0.325 e. The van der Waals surface area contributed by atoms with E-state index < -0.39 is 5.97 Å². The molecule has 4 rings (SSSR count). The van der Waals surface area contributed by atoms with Gasteiger partial charge in [0.2, 0.25) is 0 Å². The van der Waals surface area contributed by atoms with Crippen molar-refractivity contribution in [3.63, 3.8) is 0 Å². The Morgan fingerprint density at radius 2 is 1.87 bits per heavy atom. The van der Waals surface area contributed by atoms with Crippen LogP contribution in [0.1, 0.15) is 34.2 Å². The minimum absolute atomic E-state index is 0.259. The smallest absolute Gasteiger partial charge is 0.325 e. The first-order valence-corrected chi connectivity index (χ1v) is 10.3. The topological polar surface area (TPSA) is 99.6 Å². The van der Waals surface area contributed by atoms with Crippen molar-refractivity contribution in [3.05, 3.63) is 58.1 Å². The number of carboxylic acids is 1. The lowest BCUT2D eigenvalue weighted by molar-refractivity contribution is -0.137. The van der Waals surface area contributed by atoms with E-state index >= 15 is 0 Å². The van der Waals surface area contributed by atoms with Gasteiger partial charge in [-0.3, -0.25) is 9.48 Å².